The van der Waals surface area contributed by atoms with Crippen molar-refractivity contribution in [2.24, 2.45) is 0 Å². The molecule has 0 saturated carbocycles. The van der Waals surface area contributed by atoms with E-state index in [0.29, 0.717) is 0 Å². The van der Waals surface area contributed by atoms with E-state index in [9.17, 15) is 5.11 Å². The average molecular weight is 625 g/mol. The molecule has 0 fully saturated rings. The average Bonchev–Trinajstić information content (AvgIpc) is 3.27. The molecule has 0 atom stereocenters. The molecular formula is C21H19IN4O4Pd. The molecule has 1 aromatic carbocycles. The van der Waals surface area contributed by atoms with Gasteiger partial charge in [-0.3, -0.25) is 9.97 Å². The first-order chi connectivity index (χ1) is 15.1. The van der Waals surface area contributed by atoms with Gasteiger partial charge in [-0.25, -0.2) is 0 Å². The van der Waals surface area contributed by atoms with Gasteiger partial charge in [0.15, 0.2) is 0 Å². The summed E-state index contributed by atoms with van der Waals surface area (Å²) in [6.07, 6.45) is 5.77. The summed E-state index contributed by atoms with van der Waals surface area (Å²) in [7, 11) is 3.25. The first-order valence-electron chi connectivity index (χ1n) is 8.77. The summed E-state index contributed by atoms with van der Waals surface area (Å²) in [5, 5.41) is 14.1. The number of nitrogens with zero attached hydrogens (tertiary/aromatic N) is 4. The predicted molar refractivity (Wildman–Crippen MR) is 116 cm³/mol. The van der Waals surface area contributed by atoms with Crippen molar-refractivity contribution in [3.05, 3.63) is 72.7 Å². The van der Waals surface area contributed by atoms with Crippen molar-refractivity contribution in [1.29, 1.82) is 0 Å². The second kappa shape index (κ2) is 13.0. The molecule has 0 radical (unpaired) electrons. The third-order valence-corrected chi connectivity index (χ3v) is 3.88. The van der Waals surface area contributed by atoms with Crippen LogP contribution in [0.2, 0.25) is 0 Å². The number of ether oxygens (including phenoxy) is 2. The van der Waals surface area contributed by atoms with Crippen molar-refractivity contribution in [1.82, 2.24) is 15.2 Å². The Hall–Kier alpha value is -2.55. The number of benzene rings is 1. The Balaban J connectivity index is 0.000000208. The van der Waals surface area contributed by atoms with Crippen molar-refractivity contribution in [2.75, 3.05) is 14.2 Å². The zero-order valence-corrected chi connectivity index (χ0v) is 20.6. The summed E-state index contributed by atoms with van der Waals surface area (Å²) >= 11 is 4.72. The van der Waals surface area contributed by atoms with Crippen LogP contribution in [0.25, 0.3) is 17.1 Å². The van der Waals surface area contributed by atoms with Crippen LogP contribution in [0.5, 0.6) is 17.4 Å². The SMILES string of the molecule is COc1ccnc(-c2cc(OC)ccn2)c1.Cc1ccc(-[n+]2[c-]c([O-])on2)cc1.[Pd+][I]. The van der Waals surface area contributed by atoms with E-state index in [-0.39, 0.29) is 0 Å². The Morgan fingerprint density at radius 2 is 1.45 bits per heavy atom. The molecule has 164 valence electrons. The van der Waals surface area contributed by atoms with Gasteiger partial charge in [0.25, 0.3) is 0 Å². The maximum atomic E-state index is 10.6. The number of aryl methyl sites for hydroxylation is 1. The van der Waals surface area contributed by atoms with E-state index in [1.807, 2.05) is 62.8 Å². The summed E-state index contributed by atoms with van der Waals surface area (Å²) in [5.41, 5.74) is 3.43. The summed E-state index contributed by atoms with van der Waals surface area (Å²) < 4.78 is 15.9. The van der Waals surface area contributed by atoms with Crippen LogP contribution >= 0.6 is 19.5 Å². The standard InChI is InChI=1S/C12H12N2O2.C9H8N2O2.HI.Pd/c1-15-9-3-5-13-11(7-9)12-8-10(16-2)4-6-14-12;1-7-2-4-8(5-3-7)11-6-9(12)13-10-11;;/h3-8H,1-2H3;2-5,12H,1H3;1H;/q;;;+2/p-2. The second-order valence-electron chi connectivity index (χ2n) is 5.88. The van der Waals surface area contributed by atoms with Crippen molar-refractivity contribution in [3.63, 3.8) is 0 Å². The molecule has 0 saturated heterocycles. The molecule has 3 heterocycles. The van der Waals surface area contributed by atoms with Crippen molar-refractivity contribution in [2.45, 2.75) is 6.92 Å². The Labute approximate surface area is 201 Å². The molecular weight excluding hydrogens is 606 g/mol. The maximum absolute atomic E-state index is 10.6. The number of aromatic nitrogens is 4. The fourth-order valence-corrected chi connectivity index (χ4v) is 2.36. The van der Waals surface area contributed by atoms with E-state index >= 15 is 0 Å². The van der Waals surface area contributed by atoms with Crippen LogP contribution in [-0.2, 0) is 15.6 Å². The van der Waals surface area contributed by atoms with Gasteiger partial charge in [-0.15, -0.1) is 0 Å². The Kier molecular flexibility index (Phi) is 10.4. The van der Waals surface area contributed by atoms with Gasteiger partial charge in [0.1, 0.15) is 17.7 Å². The summed E-state index contributed by atoms with van der Waals surface area (Å²) in [4.78, 5) is 8.47. The molecule has 10 heteroatoms. The van der Waals surface area contributed by atoms with E-state index in [0.717, 1.165) is 34.1 Å². The molecule has 0 aliphatic heterocycles. The van der Waals surface area contributed by atoms with Crippen molar-refractivity contribution in [3.8, 4) is 34.5 Å². The molecule has 0 unspecified atom stereocenters. The molecule has 31 heavy (non-hydrogen) atoms. The Bertz CT molecular complexity index is 1030. The molecule has 0 bridgehead atoms. The number of methoxy groups -OCH3 is 2. The van der Waals surface area contributed by atoms with Gasteiger partial charge in [-0.05, 0) is 19.1 Å². The van der Waals surface area contributed by atoms with Crippen LogP contribution < -0.4 is 19.3 Å². The molecule has 4 rings (SSSR count). The minimum atomic E-state index is -0.569. The van der Waals surface area contributed by atoms with Gasteiger partial charge in [-0.1, -0.05) is 29.8 Å². The summed E-state index contributed by atoms with van der Waals surface area (Å²) in [6, 6.07) is 14.8. The van der Waals surface area contributed by atoms with E-state index in [2.05, 4.69) is 41.5 Å². The van der Waals surface area contributed by atoms with Gasteiger partial charge in [0.2, 0.25) is 0 Å². The number of hydrogen-bond donors (Lipinski definition) is 0. The van der Waals surface area contributed by atoms with Crippen LogP contribution in [0.15, 0.2) is 65.4 Å². The molecule has 0 N–H and O–H groups in total. The van der Waals surface area contributed by atoms with E-state index in [1.54, 1.807) is 38.7 Å². The third kappa shape index (κ3) is 7.58. The van der Waals surface area contributed by atoms with E-state index in [1.165, 1.54) is 4.68 Å². The minimum absolute atomic E-state index is 0.569. The van der Waals surface area contributed by atoms with Crippen LogP contribution in [0.1, 0.15) is 5.56 Å². The molecule has 8 nitrogen and oxygen atoms in total. The van der Waals surface area contributed by atoms with Gasteiger partial charge < -0.3 is 19.1 Å². The molecule has 0 aliphatic rings. The van der Waals surface area contributed by atoms with Gasteiger partial charge in [-0.2, -0.15) is 4.68 Å². The summed E-state index contributed by atoms with van der Waals surface area (Å²) in [5.74, 6) is 0.949. The van der Waals surface area contributed by atoms with Crippen LogP contribution in [0.4, 0.5) is 0 Å². The quantitative estimate of drug-likeness (QED) is 0.149. The monoisotopic (exact) mass is 624 g/mol. The van der Waals surface area contributed by atoms with E-state index in [4.69, 9.17) is 9.47 Å². The normalized spacial score (nSPS) is 9.61. The van der Waals surface area contributed by atoms with Crippen LogP contribution in [-0.4, -0.2) is 29.5 Å². The molecule has 4 aromatic rings. The molecule has 0 amide bonds. The first kappa shape index (κ1) is 24.7. The zero-order chi connectivity index (χ0) is 22.6. The Morgan fingerprint density at radius 3 is 1.87 bits per heavy atom. The van der Waals surface area contributed by atoms with E-state index < -0.39 is 5.95 Å². The van der Waals surface area contributed by atoms with Crippen molar-refractivity contribution < 1.29 is 39.4 Å². The first-order valence-corrected chi connectivity index (χ1v) is 13.4. The van der Waals surface area contributed by atoms with Crippen LogP contribution in [0, 0.1) is 13.1 Å². The third-order valence-electron chi connectivity index (χ3n) is 3.88. The van der Waals surface area contributed by atoms with Gasteiger partial charge in [0.05, 0.1) is 37.2 Å². The fourth-order valence-electron chi connectivity index (χ4n) is 2.36. The predicted octanol–water partition coefficient (Wildman–Crippen LogP) is 3.18. The molecule has 0 spiro atoms. The second-order valence-corrected chi connectivity index (χ2v) is 5.88. The fraction of sp³-hybridized carbons (Fsp3) is 0.143. The van der Waals surface area contributed by atoms with Gasteiger partial charge >= 0.3 is 35.1 Å². The zero-order valence-electron chi connectivity index (χ0n) is 16.9. The van der Waals surface area contributed by atoms with Gasteiger partial charge in [0, 0.05) is 29.8 Å². The van der Waals surface area contributed by atoms with Crippen LogP contribution in [0.3, 0.4) is 0 Å². The summed E-state index contributed by atoms with van der Waals surface area (Å²) in [6.45, 7) is 1.99. The number of hydrogen-bond acceptors (Lipinski definition) is 7. The number of pyridine rings is 2. The molecule has 3 aromatic heterocycles. The topological polar surface area (TPSA) is 97.2 Å². The number of rotatable bonds is 4. The Morgan fingerprint density at radius 1 is 0.935 bits per heavy atom. The molecule has 0 aliphatic carbocycles. The van der Waals surface area contributed by atoms with Crippen molar-refractivity contribution >= 4 is 19.5 Å². The number of halogens is 1.